The average Bonchev–Trinajstić information content (AvgIpc) is 1.77. The van der Waals surface area contributed by atoms with E-state index in [1.54, 1.807) is 0 Å². The highest BCUT2D eigenvalue weighted by Gasteiger charge is 2.31. The summed E-state index contributed by atoms with van der Waals surface area (Å²) in [5.74, 6) is 0.812. The fourth-order valence-electron chi connectivity index (χ4n) is 0.969. The van der Waals surface area contributed by atoms with Crippen LogP contribution in [0.5, 0.6) is 0 Å². The second kappa shape index (κ2) is 3.21. The smallest absolute Gasteiger partial charge is 0.0784 e. The number of halogens is 2. The summed E-state index contributed by atoms with van der Waals surface area (Å²) in [4.78, 5) is 0. The third-order valence-corrected chi connectivity index (χ3v) is 5.01. The second-order valence-electron chi connectivity index (χ2n) is 2.62. The quantitative estimate of drug-likeness (QED) is 0.521. The molecule has 0 amide bonds. The van der Waals surface area contributed by atoms with Crippen LogP contribution in [0.3, 0.4) is 0 Å². The van der Waals surface area contributed by atoms with Gasteiger partial charge < -0.3 is 5.32 Å². The van der Waals surface area contributed by atoms with Crippen molar-refractivity contribution >= 4 is 45.2 Å². The molecule has 54 valence electrons. The highest BCUT2D eigenvalue weighted by Crippen LogP contribution is 2.40. The number of nitrogens with one attached hydrogen (secondary N) is 1. The van der Waals surface area contributed by atoms with Gasteiger partial charge in [-0.2, -0.15) is 0 Å². The first-order valence-corrected chi connectivity index (χ1v) is 5.37. The first-order chi connectivity index (χ1) is 4.13. The lowest BCUT2D eigenvalue weighted by atomic mass is 10.0. The Kier molecular flexibility index (Phi) is 3.04. The Balaban J connectivity index is 2.49. The van der Waals surface area contributed by atoms with E-state index in [0.717, 1.165) is 5.92 Å². The highest BCUT2D eigenvalue weighted by atomic mass is 127. The fraction of sp³-hybridized carbons (Fsp3) is 1.00. The SMILES string of the molecule is CC1CNCCC1(I)I. The van der Waals surface area contributed by atoms with E-state index in [-0.39, 0.29) is 0 Å². The zero-order valence-corrected chi connectivity index (χ0v) is 9.77. The molecule has 1 aliphatic rings. The lowest BCUT2D eigenvalue weighted by molar-refractivity contribution is 0.418. The van der Waals surface area contributed by atoms with E-state index in [9.17, 15) is 0 Å². The maximum Gasteiger partial charge on any atom is 0.0784 e. The number of rotatable bonds is 0. The Labute approximate surface area is 83.6 Å². The monoisotopic (exact) mass is 351 g/mol. The first-order valence-electron chi connectivity index (χ1n) is 3.21. The zero-order valence-electron chi connectivity index (χ0n) is 5.45. The van der Waals surface area contributed by atoms with E-state index in [2.05, 4.69) is 57.4 Å². The van der Waals surface area contributed by atoms with Crippen LogP contribution < -0.4 is 5.32 Å². The van der Waals surface area contributed by atoms with Crippen LogP contribution in [-0.2, 0) is 0 Å². The Bertz CT molecular complexity index is 103. The highest BCUT2D eigenvalue weighted by molar-refractivity contribution is 14.2. The summed E-state index contributed by atoms with van der Waals surface area (Å²) >= 11 is 5.13. The van der Waals surface area contributed by atoms with Crippen LogP contribution in [0.4, 0.5) is 0 Å². The number of alkyl halides is 2. The molecular weight excluding hydrogens is 340 g/mol. The van der Waals surface area contributed by atoms with Gasteiger partial charge in [0.1, 0.15) is 0 Å². The minimum Gasteiger partial charge on any atom is -0.316 e. The molecule has 0 aliphatic carbocycles. The van der Waals surface area contributed by atoms with Gasteiger partial charge in [-0.05, 0) is 25.4 Å². The molecule has 1 atom stereocenters. The summed E-state index contributed by atoms with van der Waals surface area (Å²) in [5, 5.41) is 3.38. The maximum atomic E-state index is 3.38. The van der Waals surface area contributed by atoms with Gasteiger partial charge >= 0.3 is 0 Å². The summed E-state index contributed by atoms with van der Waals surface area (Å²) in [7, 11) is 0. The van der Waals surface area contributed by atoms with Gasteiger partial charge in [-0.15, -0.1) is 0 Å². The molecule has 0 radical (unpaired) electrons. The third kappa shape index (κ3) is 2.18. The molecule has 0 aromatic heterocycles. The summed E-state index contributed by atoms with van der Waals surface area (Å²) in [6, 6.07) is 0. The standard InChI is InChI=1S/C6H11I2N/c1-5-4-9-3-2-6(5,7)8/h5,9H,2-4H2,1H3. The molecule has 1 unspecified atom stereocenters. The molecule has 9 heavy (non-hydrogen) atoms. The average molecular weight is 351 g/mol. The van der Waals surface area contributed by atoms with Crippen molar-refractivity contribution in [3.63, 3.8) is 0 Å². The minimum atomic E-state index is 0.515. The van der Waals surface area contributed by atoms with Crippen molar-refractivity contribution in [2.45, 2.75) is 14.8 Å². The number of hydrogen-bond donors (Lipinski definition) is 1. The fourth-order valence-corrected chi connectivity index (χ4v) is 1.95. The number of piperidine rings is 1. The van der Waals surface area contributed by atoms with Crippen LogP contribution in [0.2, 0.25) is 0 Å². The van der Waals surface area contributed by atoms with Crippen LogP contribution in [0.25, 0.3) is 0 Å². The van der Waals surface area contributed by atoms with E-state index < -0.39 is 0 Å². The molecule has 0 aromatic carbocycles. The Morgan fingerprint density at radius 3 is 2.56 bits per heavy atom. The van der Waals surface area contributed by atoms with Crippen molar-refractivity contribution in [3.05, 3.63) is 0 Å². The van der Waals surface area contributed by atoms with Crippen LogP contribution in [-0.4, -0.2) is 14.5 Å². The second-order valence-corrected chi connectivity index (χ2v) is 8.53. The summed E-state index contributed by atoms with van der Waals surface area (Å²) in [6.45, 7) is 4.69. The van der Waals surface area contributed by atoms with E-state index in [4.69, 9.17) is 0 Å². The summed E-state index contributed by atoms with van der Waals surface area (Å²) in [5.41, 5.74) is 0. The first kappa shape index (κ1) is 8.52. The maximum absolute atomic E-state index is 3.38. The van der Waals surface area contributed by atoms with Gasteiger partial charge in [-0.1, -0.05) is 52.1 Å². The van der Waals surface area contributed by atoms with Gasteiger partial charge in [0.15, 0.2) is 0 Å². The Hall–Kier alpha value is 1.42. The molecule has 1 N–H and O–H groups in total. The van der Waals surface area contributed by atoms with Crippen LogP contribution in [0.1, 0.15) is 13.3 Å². The lowest BCUT2D eigenvalue weighted by Crippen LogP contribution is -2.40. The molecular formula is C6H11I2N. The third-order valence-electron chi connectivity index (χ3n) is 1.81. The molecule has 0 bridgehead atoms. The van der Waals surface area contributed by atoms with Gasteiger partial charge in [0.25, 0.3) is 0 Å². The van der Waals surface area contributed by atoms with Crippen LogP contribution in [0.15, 0.2) is 0 Å². The van der Waals surface area contributed by atoms with Crippen molar-refractivity contribution in [1.82, 2.24) is 5.32 Å². The van der Waals surface area contributed by atoms with Crippen molar-refractivity contribution in [3.8, 4) is 0 Å². The van der Waals surface area contributed by atoms with Gasteiger partial charge in [0.05, 0.1) is 1.43 Å². The largest absolute Gasteiger partial charge is 0.316 e. The zero-order chi connectivity index (χ0) is 6.91. The molecule has 1 nitrogen and oxygen atoms in total. The van der Waals surface area contributed by atoms with Crippen molar-refractivity contribution in [2.75, 3.05) is 13.1 Å². The molecule has 1 aliphatic heterocycles. The van der Waals surface area contributed by atoms with Crippen LogP contribution >= 0.6 is 45.2 Å². The van der Waals surface area contributed by atoms with Crippen molar-refractivity contribution in [1.29, 1.82) is 0 Å². The topological polar surface area (TPSA) is 12.0 Å². The molecule has 3 heteroatoms. The minimum absolute atomic E-state index is 0.515. The lowest BCUT2D eigenvalue weighted by Gasteiger charge is -2.33. The Morgan fingerprint density at radius 2 is 2.22 bits per heavy atom. The number of hydrogen-bond acceptors (Lipinski definition) is 1. The predicted molar refractivity (Wildman–Crippen MR) is 57.4 cm³/mol. The predicted octanol–water partition coefficient (Wildman–Crippen LogP) is 2.18. The van der Waals surface area contributed by atoms with E-state index in [1.165, 1.54) is 19.5 Å². The molecule has 0 aromatic rings. The molecule has 1 fully saturated rings. The summed E-state index contributed by atoms with van der Waals surface area (Å²) in [6.07, 6.45) is 1.30. The van der Waals surface area contributed by atoms with Gasteiger partial charge in [-0.25, -0.2) is 0 Å². The molecule has 0 saturated carbocycles. The van der Waals surface area contributed by atoms with Crippen LogP contribution in [0, 0.1) is 5.92 Å². The molecule has 0 spiro atoms. The molecule has 1 heterocycles. The normalized spacial score (nSPS) is 34.3. The Morgan fingerprint density at radius 1 is 1.56 bits per heavy atom. The van der Waals surface area contributed by atoms with E-state index in [0.29, 0.717) is 1.43 Å². The van der Waals surface area contributed by atoms with Gasteiger partial charge in [0, 0.05) is 0 Å². The van der Waals surface area contributed by atoms with Gasteiger partial charge in [-0.3, -0.25) is 0 Å². The van der Waals surface area contributed by atoms with Crippen molar-refractivity contribution < 1.29 is 0 Å². The molecule has 1 rings (SSSR count). The van der Waals surface area contributed by atoms with Gasteiger partial charge in [0.2, 0.25) is 0 Å². The summed E-state index contributed by atoms with van der Waals surface area (Å²) < 4.78 is 0.515. The van der Waals surface area contributed by atoms with E-state index >= 15 is 0 Å². The van der Waals surface area contributed by atoms with Crippen molar-refractivity contribution in [2.24, 2.45) is 5.92 Å². The molecule has 1 saturated heterocycles. The van der Waals surface area contributed by atoms with E-state index in [1.807, 2.05) is 0 Å².